The summed E-state index contributed by atoms with van der Waals surface area (Å²) < 4.78 is 0. The Labute approximate surface area is 186 Å². The number of halogens is 2. The largest absolute Gasteiger partial charge is 0.386 e. The number of likely N-dealkylation sites (tertiary alicyclic amines) is 1. The monoisotopic (exact) mass is 437 g/mol. The van der Waals surface area contributed by atoms with Crippen molar-refractivity contribution in [2.24, 2.45) is 0 Å². The van der Waals surface area contributed by atoms with Crippen LogP contribution in [0.4, 0.5) is 0 Å². The number of hydrogen-bond acceptors (Lipinski definition) is 4. The Kier molecular flexibility index (Phi) is 6.36. The molecule has 4 rings (SSSR count). The van der Waals surface area contributed by atoms with E-state index in [9.17, 15) is 10.4 Å². The molecule has 0 amide bonds. The molecular formula is C24H21Cl2N3O. The van der Waals surface area contributed by atoms with Crippen molar-refractivity contribution in [1.29, 1.82) is 5.26 Å². The van der Waals surface area contributed by atoms with E-state index >= 15 is 0 Å². The summed E-state index contributed by atoms with van der Waals surface area (Å²) in [5.74, 6) is 0. The zero-order chi connectivity index (χ0) is 21.1. The van der Waals surface area contributed by atoms with Gasteiger partial charge < -0.3 is 5.11 Å². The lowest BCUT2D eigenvalue weighted by Gasteiger charge is -2.33. The molecule has 6 heteroatoms. The molecule has 3 aromatic rings. The molecule has 0 saturated carbocycles. The molecule has 0 radical (unpaired) electrons. The Balaban J connectivity index is 1.81. The number of hydrogen-bond donors (Lipinski definition) is 1. The average Bonchev–Trinajstić information content (AvgIpc) is 3.27. The third-order valence-electron chi connectivity index (χ3n) is 5.48. The van der Waals surface area contributed by atoms with E-state index in [-0.39, 0.29) is 6.04 Å². The van der Waals surface area contributed by atoms with Crippen LogP contribution in [0.25, 0.3) is 11.3 Å². The van der Waals surface area contributed by atoms with Crippen LogP contribution in [0, 0.1) is 11.3 Å². The minimum absolute atomic E-state index is 0.279. The lowest BCUT2D eigenvalue weighted by Crippen LogP contribution is -2.31. The van der Waals surface area contributed by atoms with Crippen molar-refractivity contribution < 1.29 is 5.11 Å². The van der Waals surface area contributed by atoms with Gasteiger partial charge in [0.2, 0.25) is 0 Å². The number of nitriles is 1. The Morgan fingerprint density at radius 1 is 1.00 bits per heavy atom. The van der Waals surface area contributed by atoms with E-state index in [0.29, 0.717) is 26.9 Å². The van der Waals surface area contributed by atoms with E-state index in [1.165, 1.54) is 0 Å². The Bertz CT molecular complexity index is 1070. The summed E-state index contributed by atoms with van der Waals surface area (Å²) in [6.45, 7) is 1.80. The molecule has 2 heterocycles. The number of aromatic nitrogens is 1. The van der Waals surface area contributed by atoms with Gasteiger partial charge in [0.05, 0.1) is 23.4 Å². The lowest BCUT2D eigenvalue weighted by atomic mass is 9.91. The molecular weight excluding hydrogens is 417 g/mol. The molecule has 0 spiro atoms. The molecule has 2 atom stereocenters. The van der Waals surface area contributed by atoms with Crippen molar-refractivity contribution in [3.8, 4) is 17.3 Å². The van der Waals surface area contributed by atoms with Gasteiger partial charge in [0, 0.05) is 27.4 Å². The highest BCUT2D eigenvalue weighted by molar-refractivity contribution is 6.35. The van der Waals surface area contributed by atoms with Gasteiger partial charge in [0.1, 0.15) is 6.10 Å². The highest BCUT2D eigenvalue weighted by atomic mass is 35.5. The standard InChI is InChI=1S/C24H21Cl2N3O/c25-19-12-18(13-20(26)14-19)22-21(7-4-8-28-22)24(30)23(29-9-1-2-10-29)17-6-3-5-16(11-17)15-27/h3-8,11-14,23-24,30H,1-2,9-10H2. The smallest absolute Gasteiger partial charge is 0.101 e. The number of rotatable bonds is 5. The Morgan fingerprint density at radius 3 is 2.43 bits per heavy atom. The molecule has 152 valence electrons. The van der Waals surface area contributed by atoms with Gasteiger partial charge in [-0.3, -0.25) is 9.88 Å². The van der Waals surface area contributed by atoms with Gasteiger partial charge in [0.15, 0.2) is 0 Å². The fraction of sp³-hybridized carbons (Fsp3) is 0.250. The van der Waals surface area contributed by atoms with E-state index in [2.05, 4.69) is 16.0 Å². The summed E-state index contributed by atoms with van der Waals surface area (Å²) >= 11 is 12.4. The van der Waals surface area contributed by atoms with Crippen LogP contribution < -0.4 is 0 Å². The summed E-state index contributed by atoms with van der Waals surface area (Å²) in [7, 11) is 0. The van der Waals surface area contributed by atoms with Crippen LogP contribution in [0.1, 0.15) is 41.7 Å². The van der Waals surface area contributed by atoms with Crippen molar-refractivity contribution in [3.05, 3.63) is 87.5 Å². The van der Waals surface area contributed by atoms with Crippen molar-refractivity contribution >= 4 is 23.2 Å². The number of aliphatic hydroxyl groups is 1. The zero-order valence-corrected chi connectivity index (χ0v) is 17.8. The van der Waals surface area contributed by atoms with Crippen molar-refractivity contribution in [3.63, 3.8) is 0 Å². The number of pyridine rings is 1. The highest BCUT2D eigenvalue weighted by Crippen LogP contribution is 2.40. The van der Waals surface area contributed by atoms with E-state index in [1.807, 2.05) is 30.3 Å². The van der Waals surface area contributed by atoms with Gasteiger partial charge in [-0.15, -0.1) is 0 Å². The maximum atomic E-state index is 11.6. The van der Waals surface area contributed by atoms with Crippen molar-refractivity contribution in [2.75, 3.05) is 13.1 Å². The van der Waals surface area contributed by atoms with E-state index in [1.54, 1.807) is 30.5 Å². The van der Waals surface area contributed by atoms with E-state index < -0.39 is 6.10 Å². The Hall–Kier alpha value is -2.42. The number of benzene rings is 2. The van der Waals surface area contributed by atoms with Gasteiger partial charge in [-0.05, 0) is 67.9 Å². The van der Waals surface area contributed by atoms with Crippen molar-refractivity contribution in [1.82, 2.24) is 9.88 Å². The fourth-order valence-electron chi connectivity index (χ4n) is 4.16. The van der Waals surface area contributed by atoms with Crippen LogP contribution in [0.15, 0.2) is 60.8 Å². The molecule has 30 heavy (non-hydrogen) atoms. The van der Waals surface area contributed by atoms with E-state index in [0.717, 1.165) is 37.1 Å². The predicted octanol–water partition coefficient (Wildman–Crippen LogP) is 5.80. The second kappa shape index (κ2) is 9.16. The second-order valence-electron chi connectivity index (χ2n) is 7.47. The maximum absolute atomic E-state index is 11.6. The molecule has 4 nitrogen and oxygen atoms in total. The maximum Gasteiger partial charge on any atom is 0.101 e. The third-order valence-corrected chi connectivity index (χ3v) is 5.92. The Morgan fingerprint density at radius 2 is 1.73 bits per heavy atom. The topological polar surface area (TPSA) is 60.1 Å². The van der Waals surface area contributed by atoms with Gasteiger partial charge in [-0.25, -0.2) is 0 Å². The van der Waals surface area contributed by atoms with Crippen LogP contribution in [0.2, 0.25) is 10.0 Å². The molecule has 0 aliphatic carbocycles. The number of aliphatic hydroxyl groups excluding tert-OH is 1. The van der Waals surface area contributed by atoms with Gasteiger partial charge in [-0.1, -0.05) is 41.4 Å². The first-order chi connectivity index (χ1) is 14.6. The summed E-state index contributed by atoms with van der Waals surface area (Å²) in [6.07, 6.45) is 3.04. The highest BCUT2D eigenvalue weighted by Gasteiger charge is 2.32. The van der Waals surface area contributed by atoms with E-state index in [4.69, 9.17) is 23.2 Å². The van der Waals surface area contributed by atoms with Gasteiger partial charge in [0.25, 0.3) is 0 Å². The molecule has 1 fully saturated rings. The zero-order valence-electron chi connectivity index (χ0n) is 16.3. The van der Waals surface area contributed by atoms with Crippen LogP contribution >= 0.6 is 23.2 Å². The normalized spacial score (nSPS) is 16.2. The lowest BCUT2D eigenvalue weighted by molar-refractivity contribution is 0.0609. The van der Waals surface area contributed by atoms with Gasteiger partial charge >= 0.3 is 0 Å². The molecule has 1 N–H and O–H groups in total. The minimum Gasteiger partial charge on any atom is -0.386 e. The summed E-state index contributed by atoms with van der Waals surface area (Å²) in [4.78, 5) is 6.82. The summed E-state index contributed by atoms with van der Waals surface area (Å²) in [6, 6.07) is 18.4. The first-order valence-corrected chi connectivity index (χ1v) is 10.7. The van der Waals surface area contributed by atoms with Crippen LogP contribution in [0.3, 0.4) is 0 Å². The second-order valence-corrected chi connectivity index (χ2v) is 8.34. The average molecular weight is 438 g/mol. The molecule has 1 saturated heterocycles. The van der Waals surface area contributed by atoms with Crippen LogP contribution in [-0.4, -0.2) is 28.1 Å². The molecule has 1 aliphatic rings. The fourth-order valence-corrected chi connectivity index (χ4v) is 4.69. The molecule has 1 aromatic heterocycles. The molecule has 2 unspecified atom stereocenters. The van der Waals surface area contributed by atoms with Crippen LogP contribution in [-0.2, 0) is 0 Å². The third kappa shape index (κ3) is 4.35. The summed E-state index contributed by atoms with van der Waals surface area (Å²) in [5, 5.41) is 22.0. The molecule has 1 aliphatic heterocycles. The molecule has 0 bridgehead atoms. The summed E-state index contributed by atoms with van der Waals surface area (Å²) in [5.41, 5.74) is 3.61. The minimum atomic E-state index is -0.835. The first kappa shape index (κ1) is 20.8. The molecule has 2 aromatic carbocycles. The van der Waals surface area contributed by atoms with Gasteiger partial charge in [-0.2, -0.15) is 5.26 Å². The van der Waals surface area contributed by atoms with Crippen LogP contribution in [0.5, 0.6) is 0 Å². The first-order valence-electron chi connectivity index (χ1n) is 9.90. The predicted molar refractivity (Wildman–Crippen MR) is 119 cm³/mol. The number of nitrogens with zero attached hydrogens (tertiary/aromatic N) is 3. The quantitative estimate of drug-likeness (QED) is 0.547. The van der Waals surface area contributed by atoms with Crippen molar-refractivity contribution in [2.45, 2.75) is 25.0 Å². The SMILES string of the molecule is N#Cc1cccc(C(C(O)c2cccnc2-c2cc(Cl)cc(Cl)c2)N2CCCC2)c1.